The van der Waals surface area contributed by atoms with Gasteiger partial charge < -0.3 is 4.74 Å². The lowest BCUT2D eigenvalue weighted by atomic mass is 10.0. The molecule has 2 nitrogen and oxygen atoms in total. The minimum absolute atomic E-state index is 0.633. The summed E-state index contributed by atoms with van der Waals surface area (Å²) in [6.45, 7) is 0. The van der Waals surface area contributed by atoms with Crippen LogP contribution in [0, 0.1) is 17.4 Å². The van der Waals surface area contributed by atoms with Crippen molar-refractivity contribution in [1.82, 2.24) is 0 Å². The molecular formula is C19H12NO. The summed E-state index contributed by atoms with van der Waals surface area (Å²) in [4.78, 5) is 0. The topological polar surface area (TPSA) is 33.0 Å². The largest absolute Gasteiger partial charge is 0.457 e. The van der Waals surface area contributed by atoms with Crippen LogP contribution in [0.1, 0.15) is 5.56 Å². The molecule has 0 amide bonds. The molecule has 0 fully saturated rings. The molecule has 3 aromatic rings. The first-order chi connectivity index (χ1) is 10.3. The van der Waals surface area contributed by atoms with Gasteiger partial charge >= 0.3 is 0 Å². The fourth-order valence-corrected chi connectivity index (χ4v) is 2.03. The van der Waals surface area contributed by atoms with Crippen LogP contribution in [0.25, 0.3) is 11.1 Å². The number of benzene rings is 3. The third-order valence-electron chi connectivity index (χ3n) is 3.07. The molecule has 0 N–H and O–H groups in total. The number of nitrogens with zero attached hydrogens (tertiary/aromatic N) is 1. The normalized spacial score (nSPS) is 9.86. The summed E-state index contributed by atoms with van der Waals surface area (Å²) in [5.74, 6) is 1.59. The van der Waals surface area contributed by atoms with Crippen molar-refractivity contribution in [1.29, 1.82) is 5.26 Å². The molecule has 0 spiro atoms. The lowest BCUT2D eigenvalue weighted by Gasteiger charge is -2.07. The maximum absolute atomic E-state index is 8.93. The van der Waals surface area contributed by atoms with E-state index in [2.05, 4.69) is 12.1 Å². The van der Waals surface area contributed by atoms with Crippen molar-refractivity contribution in [2.24, 2.45) is 0 Å². The van der Waals surface area contributed by atoms with Crippen LogP contribution < -0.4 is 4.74 Å². The van der Waals surface area contributed by atoms with Crippen LogP contribution in [0.15, 0.2) is 72.8 Å². The molecule has 0 bridgehead atoms. The van der Waals surface area contributed by atoms with Crippen LogP contribution in [-0.4, -0.2) is 0 Å². The summed E-state index contributed by atoms with van der Waals surface area (Å²) in [5, 5.41) is 8.93. The Bertz CT molecular complexity index is 771. The van der Waals surface area contributed by atoms with Crippen molar-refractivity contribution in [2.45, 2.75) is 0 Å². The predicted molar refractivity (Wildman–Crippen MR) is 81.9 cm³/mol. The van der Waals surface area contributed by atoms with Gasteiger partial charge in [-0.2, -0.15) is 5.26 Å². The minimum Gasteiger partial charge on any atom is -0.457 e. The highest BCUT2D eigenvalue weighted by molar-refractivity contribution is 5.65. The van der Waals surface area contributed by atoms with Crippen LogP contribution in [0.2, 0.25) is 0 Å². The maximum atomic E-state index is 8.93. The van der Waals surface area contributed by atoms with Gasteiger partial charge in [-0.15, -0.1) is 0 Å². The molecule has 2 heteroatoms. The Hall–Kier alpha value is -3.05. The molecule has 3 rings (SSSR count). The molecule has 0 saturated carbocycles. The van der Waals surface area contributed by atoms with Crippen molar-refractivity contribution in [2.75, 3.05) is 0 Å². The van der Waals surface area contributed by atoms with E-state index in [1.807, 2.05) is 60.7 Å². The summed E-state index contributed by atoms with van der Waals surface area (Å²) < 4.78 is 5.75. The Morgan fingerprint density at radius 1 is 0.857 bits per heavy atom. The fourth-order valence-electron chi connectivity index (χ4n) is 2.03. The molecule has 99 valence electrons. The standard InChI is InChI=1S/C19H12NO/c20-14-15-5-4-6-17(13-15)16-9-11-19(12-10-16)21-18-7-2-1-3-8-18/h1-5,7-13H. The first-order valence-electron chi connectivity index (χ1n) is 6.60. The van der Waals surface area contributed by atoms with Gasteiger partial charge in [-0.3, -0.25) is 0 Å². The SMILES string of the molecule is N#Cc1cc[c]c(-c2ccc(Oc3ccccc3)cc2)c1. The molecule has 0 saturated heterocycles. The van der Waals surface area contributed by atoms with Crippen LogP contribution in [-0.2, 0) is 0 Å². The molecule has 3 aromatic carbocycles. The quantitative estimate of drug-likeness (QED) is 0.683. The molecule has 1 radical (unpaired) electrons. The van der Waals surface area contributed by atoms with E-state index in [-0.39, 0.29) is 0 Å². The summed E-state index contributed by atoms with van der Waals surface area (Å²) >= 11 is 0. The monoisotopic (exact) mass is 270 g/mol. The van der Waals surface area contributed by atoms with Gasteiger partial charge in [-0.05, 0) is 53.6 Å². The van der Waals surface area contributed by atoms with Crippen molar-refractivity contribution in [3.05, 3.63) is 84.4 Å². The van der Waals surface area contributed by atoms with Crippen LogP contribution in [0.4, 0.5) is 0 Å². The zero-order valence-corrected chi connectivity index (χ0v) is 11.3. The van der Waals surface area contributed by atoms with Gasteiger partial charge in [0.05, 0.1) is 11.6 Å². The van der Waals surface area contributed by atoms with Gasteiger partial charge in [0, 0.05) is 0 Å². The van der Waals surface area contributed by atoms with Crippen LogP contribution >= 0.6 is 0 Å². The second-order valence-corrected chi connectivity index (χ2v) is 4.54. The average Bonchev–Trinajstić information content (AvgIpc) is 2.56. The van der Waals surface area contributed by atoms with Crippen molar-refractivity contribution in [3.63, 3.8) is 0 Å². The first kappa shape index (κ1) is 13.0. The fraction of sp³-hybridized carbons (Fsp3) is 0. The maximum Gasteiger partial charge on any atom is 0.127 e. The smallest absolute Gasteiger partial charge is 0.127 e. The molecular weight excluding hydrogens is 258 g/mol. The van der Waals surface area contributed by atoms with E-state index < -0.39 is 0 Å². The number of hydrogen-bond acceptors (Lipinski definition) is 2. The second kappa shape index (κ2) is 5.94. The lowest BCUT2D eigenvalue weighted by Crippen LogP contribution is -1.84. The molecule has 0 heterocycles. The van der Waals surface area contributed by atoms with Gasteiger partial charge in [0.2, 0.25) is 0 Å². The molecule has 21 heavy (non-hydrogen) atoms. The van der Waals surface area contributed by atoms with Gasteiger partial charge in [-0.1, -0.05) is 36.4 Å². The van der Waals surface area contributed by atoms with E-state index in [0.717, 1.165) is 22.6 Å². The molecule has 0 atom stereocenters. The van der Waals surface area contributed by atoms with E-state index >= 15 is 0 Å². The highest BCUT2D eigenvalue weighted by Crippen LogP contribution is 2.25. The van der Waals surface area contributed by atoms with E-state index in [4.69, 9.17) is 10.00 Å². The van der Waals surface area contributed by atoms with Gasteiger partial charge in [0.15, 0.2) is 0 Å². The third kappa shape index (κ3) is 3.10. The third-order valence-corrected chi connectivity index (χ3v) is 3.07. The van der Waals surface area contributed by atoms with Gasteiger partial charge in [-0.25, -0.2) is 0 Å². The Kier molecular flexibility index (Phi) is 3.66. The van der Waals surface area contributed by atoms with E-state index in [9.17, 15) is 0 Å². The zero-order valence-electron chi connectivity index (χ0n) is 11.3. The Balaban J connectivity index is 1.82. The van der Waals surface area contributed by atoms with Crippen molar-refractivity contribution >= 4 is 0 Å². The van der Waals surface area contributed by atoms with E-state index in [1.54, 1.807) is 12.1 Å². The van der Waals surface area contributed by atoms with Crippen molar-refractivity contribution < 1.29 is 4.74 Å². The highest BCUT2D eigenvalue weighted by Gasteiger charge is 2.01. The van der Waals surface area contributed by atoms with Crippen LogP contribution in [0.3, 0.4) is 0 Å². The Morgan fingerprint density at radius 2 is 1.57 bits per heavy atom. The summed E-state index contributed by atoms with van der Waals surface area (Å²) in [6, 6.07) is 28.0. The van der Waals surface area contributed by atoms with Gasteiger partial charge in [0.25, 0.3) is 0 Å². The Morgan fingerprint density at radius 3 is 2.29 bits per heavy atom. The second-order valence-electron chi connectivity index (χ2n) is 4.54. The predicted octanol–water partition coefficient (Wildman–Crippen LogP) is 4.82. The minimum atomic E-state index is 0.633. The highest BCUT2D eigenvalue weighted by atomic mass is 16.5. The molecule has 0 aromatic heterocycles. The lowest BCUT2D eigenvalue weighted by molar-refractivity contribution is 0.483. The van der Waals surface area contributed by atoms with E-state index in [0.29, 0.717) is 5.56 Å². The number of rotatable bonds is 3. The Labute approximate surface area is 123 Å². The van der Waals surface area contributed by atoms with Gasteiger partial charge in [0.1, 0.15) is 11.5 Å². The molecule has 0 aliphatic carbocycles. The number of para-hydroxylation sites is 1. The number of ether oxygens (including phenoxy) is 1. The van der Waals surface area contributed by atoms with Crippen molar-refractivity contribution in [3.8, 4) is 28.7 Å². The summed E-state index contributed by atoms with van der Waals surface area (Å²) in [5.41, 5.74) is 2.54. The number of nitriles is 1. The average molecular weight is 270 g/mol. The zero-order chi connectivity index (χ0) is 14.5. The van der Waals surface area contributed by atoms with Crippen LogP contribution in [0.5, 0.6) is 11.5 Å². The summed E-state index contributed by atoms with van der Waals surface area (Å²) in [7, 11) is 0. The molecule has 0 aliphatic heterocycles. The van der Waals surface area contributed by atoms with E-state index in [1.165, 1.54) is 0 Å². The molecule has 0 aliphatic rings. The number of hydrogen-bond donors (Lipinski definition) is 0. The molecule has 0 unspecified atom stereocenters. The first-order valence-corrected chi connectivity index (χ1v) is 6.60. The summed E-state index contributed by atoms with van der Waals surface area (Å²) in [6.07, 6.45) is 0.